The molecule has 0 saturated carbocycles. The molecule has 0 spiro atoms. The summed E-state index contributed by atoms with van der Waals surface area (Å²) in [6, 6.07) is 11.7. The maximum atomic E-state index is 12.9. The zero-order valence-corrected chi connectivity index (χ0v) is 17.8. The third-order valence-corrected chi connectivity index (χ3v) is 5.74. The summed E-state index contributed by atoms with van der Waals surface area (Å²) in [5, 5.41) is 6.41. The molecule has 0 radical (unpaired) electrons. The molecule has 154 valence electrons. The maximum Gasteiger partial charge on any atom is 0.328 e. The Balaban J connectivity index is 0.00000240. The number of nitrogens with one attached hydrogen (secondary N) is 2. The molecule has 1 amide bonds. The molecule has 3 aromatic rings. The number of rotatable bonds is 4. The summed E-state index contributed by atoms with van der Waals surface area (Å²) in [5.41, 5.74) is 5.08. The average molecular weight is 415 g/mol. The van der Waals surface area contributed by atoms with E-state index in [1.54, 1.807) is 23.2 Å². The van der Waals surface area contributed by atoms with E-state index >= 15 is 0 Å². The first-order chi connectivity index (χ1) is 13.4. The fraction of sp³-hybridized carbons (Fsp3) is 0.364. The standard InChI is InChI=1S/C22H26N4O2.ClH/c1-14-9-19-20(26(3)22(28)25(19)2)12-18(14)24-21(27)17-6-4-5-15(11-17)10-16-7-8-23-13-16;/h4-6,9,11-12,16,23H,7-8,10,13H2,1-3H3,(H,24,27);1H. The van der Waals surface area contributed by atoms with Crippen LogP contribution in [0.2, 0.25) is 0 Å². The average Bonchev–Trinajstić information content (AvgIpc) is 3.26. The second-order valence-electron chi connectivity index (χ2n) is 7.77. The number of carbonyl (C=O) groups excluding carboxylic acids is 1. The van der Waals surface area contributed by atoms with Gasteiger partial charge in [-0.3, -0.25) is 13.9 Å². The van der Waals surface area contributed by atoms with Gasteiger partial charge in [0.2, 0.25) is 0 Å². The predicted octanol–water partition coefficient (Wildman–Crippen LogP) is 3.01. The molecule has 6 nitrogen and oxygen atoms in total. The summed E-state index contributed by atoms with van der Waals surface area (Å²) in [5.74, 6) is 0.511. The third kappa shape index (κ3) is 4.09. The van der Waals surface area contributed by atoms with Crippen LogP contribution in [-0.4, -0.2) is 28.1 Å². The normalized spacial score (nSPS) is 16.0. The van der Waals surface area contributed by atoms with Crippen molar-refractivity contribution in [3.63, 3.8) is 0 Å². The number of anilines is 1. The van der Waals surface area contributed by atoms with Crippen LogP contribution >= 0.6 is 12.4 Å². The molecular formula is C22H27ClN4O2. The Hall–Kier alpha value is -2.57. The number of benzene rings is 2. The van der Waals surface area contributed by atoms with Crippen LogP contribution in [-0.2, 0) is 20.5 Å². The number of nitrogens with zero attached hydrogens (tertiary/aromatic N) is 2. The molecule has 1 unspecified atom stereocenters. The first-order valence-electron chi connectivity index (χ1n) is 9.71. The molecule has 7 heteroatoms. The van der Waals surface area contributed by atoms with E-state index in [4.69, 9.17) is 0 Å². The lowest BCUT2D eigenvalue weighted by Crippen LogP contribution is -2.19. The summed E-state index contributed by atoms with van der Waals surface area (Å²) in [6.45, 7) is 4.07. The minimum Gasteiger partial charge on any atom is -0.322 e. The topological polar surface area (TPSA) is 68.1 Å². The van der Waals surface area contributed by atoms with E-state index in [1.807, 2.05) is 37.3 Å². The van der Waals surface area contributed by atoms with Crippen LogP contribution in [0.15, 0.2) is 41.2 Å². The molecule has 1 saturated heterocycles. The smallest absolute Gasteiger partial charge is 0.322 e. The van der Waals surface area contributed by atoms with Crippen LogP contribution in [0.1, 0.15) is 27.9 Å². The highest BCUT2D eigenvalue weighted by molar-refractivity contribution is 6.05. The number of halogens is 1. The minimum absolute atomic E-state index is 0. The van der Waals surface area contributed by atoms with E-state index in [1.165, 1.54) is 12.0 Å². The third-order valence-electron chi connectivity index (χ3n) is 5.74. The van der Waals surface area contributed by atoms with Crippen LogP contribution in [0.3, 0.4) is 0 Å². The van der Waals surface area contributed by atoms with Gasteiger partial charge in [-0.05, 0) is 74.2 Å². The molecule has 1 aromatic heterocycles. The van der Waals surface area contributed by atoms with E-state index in [9.17, 15) is 9.59 Å². The van der Waals surface area contributed by atoms with E-state index in [0.717, 1.165) is 41.8 Å². The Kier molecular flexibility index (Phi) is 6.15. The lowest BCUT2D eigenvalue weighted by molar-refractivity contribution is 0.102. The van der Waals surface area contributed by atoms with Gasteiger partial charge in [0.25, 0.3) is 5.91 Å². The molecule has 2 N–H and O–H groups in total. The fourth-order valence-electron chi connectivity index (χ4n) is 4.04. The van der Waals surface area contributed by atoms with Gasteiger partial charge in [0.05, 0.1) is 11.0 Å². The molecule has 1 atom stereocenters. The second kappa shape index (κ2) is 8.43. The van der Waals surface area contributed by atoms with Crippen molar-refractivity contribution in [1.82, 2.24) is 14.5 Å². The molecular weight excluding hydrogens is 388 g/mol. The quantitative estimate of drug-likeness (QED) is 0.689. The van der Waals surface area contributed by atoms with E-state index in [-0.39, 0.29) is 24.0 Å². The Morgan fingerprint density at radius 1 is 1.17 bits per heavy atom. The van der Waals surface area contributed by atoms with E-state index < -0.39 is 0 Å². The van der Waals surface area contributed by atoms with Gasteiger partial charge in [0.15, 0.2) is 0 Å². The molecule has 0 bridgehead atoms. The molecule has 4 rings (SSSR count). The van der Waals surface area contributed by atoms with Gasteiger partial charge in [0, 0.05) is 25.3 Å². The Morgan fingerprint density at radius 3 is 2.59 bits per heavy atom. The zero-order valence-electron chi connectivity index (χ0n) is 17.0. The zero-order chi connectivity index (χ0) is 19.8. The minimum atomic E-state index is -0.130. The van der Waals surface area contributed by atoms with E-state index in [0.29, 0.717) is 11.5 Å². The Labute approximate surface area is 176 Å². The van der Waals surface area contributed by atoms with Crippen molar-refractivity contribution in [1.29, 1.82) is 0 Å². The Bertz CT molecular complexity index is 1110. The number of aromatic nitrogens is 2. The van der Waals surface area contributed by atoms with Gasteiger partial charge < -0.3 is 10.6 Å². The maximum absolute atomic E-state index is 12.9. The van der Waals surface area contributed by atoms with Gasteiger partial charge >= 0.3 is 5.69 Å². The molecule has 0 aliphatic carbocycles. The van der Waals surface area contributed by atoms with Crippen LogP contribution < -0.4 is 16.3 Å². The molecule has 1 fully saturated rings. The van der Waals surface area contributed by atoms with Gasteiger partial charge in [-0.25, -0.2) is 4.79 Å². The van der Waals surface area contributed by atoms with Crippen LogP contribution in [0, 0.1) is 12.8 Å². The monoisotopic (exact) mass is 414 g/mol. The lowest BCUT2D eigenvalue weighted by Gasteiger charge is -2.12. The molecule has 1 aliphatic heterocycles. The first-order valence-corrected chi connectivity index (χ1v) is 9.71. The number of hydrogen-bond donors (Lipinski definition) is 2. The van der Waals surface area contributed by atoms with Crippen LogP contribution in [0.5, 0.6) is 0 Å². The van der Waals surface area contributed by atoms with Crippen LogP contribution in [0.25, 0.3) is 11.0 Å². The van der Waals surface area contributed by atoms with Gasteiger partial charge in [-0.2, -0.15) is 0 Å². The van der Waals surface area contributed by atoms with Gasteiger partial charge in [-0.1, -0.05) is 12.1 Å². The predicted molar refractivity (Wildman–Crippen MR) is 119 cm³/mol. The lowest BCUT2D eigenvalue weighted by atomic mass is 9.97. The number of imidazole rings is 1. The van der Waals surface area contributed by atoms with Crippen LogP contribution in [0.4, 0.5) is 5.69 Å². The highest BCUT2D eigenvalue weighted by Gasteiger charge is 2.16. The van der Waals surface area contributed by atoms with Crippen molar-refractivity contribution in [3.05, 3.63) is 63.6 Å². The number of amides is 1. The Morgan fingerprint density at radius 2 is 1.90 bits per heavy atom. The van der Waals surface area contributed by atoms with Crippen molar-refractivity contribution in [3.8, 4) is 0 Å². The summed E-state index contributed by atoms with van der Waals surface area (Å²) in [4.78, 5) is 25.0. The molecule has 1 aliphatic rings. The van der Waals surface area contributed by atoms with E-state index in [2.05, 4.69) is 16.7 Å². The van der Waals surface area contributed by atoms with Crippen molar-refractivity contribution in [2.75, 3.05) is 18.4 Å². The number of carbonyl (C=O) groups is 1. The molecule has 2 heterocycles. The highest BCUT2D eigenvalue weighted by atomic mass is 35.5. The van der Waals surface area contributed by atoms with Crippen molar-refractivity contribution in [2.45, 2.75) is 19.8 Å². The second-order valence-corrected chi connectivity index (χ2v) is 7.77. The number of fused-ring (bicyclic) bond motifs is 1. The van der Waals surface area contributed by atoms with Gasteiger partial charge in [-0.15, -0.1) is 12.4 Å². The summed E-state index contributed by atoms with van der Waals surface area (Å²) >= 11 is 0. The number of hydrogen-bond acceptors (Lipinski definition) is 3. The SMILES string of the molecule is Cc1cc2c(cc1NC(=O)c1cccc(CC3CCNC3)c1)n(C)c(=O)n2C.Cl. The van der Waals surface area contributed by atoms with Crippen molar-refractivity contribution in [2.24, 2.45) is 20.0 Å². The van der Waals surface area contributed by atoms with Crippen molar-refractivity contribution >= 4 is 35.0 Å². The van der Waals surface area contributed by atoms with Gasteiger partial charge in [0.1, 0.15) is 0 Å². The van der Waals surface area contributed by atoms with Crippen molar-refractivity contribution < 1.29 is 4.79 Å². The highest BCUT2D eigenvalue weighted by Crippen LogP contribution is 2.23. The first kappa shape index (κ1) is 21.1. The largest absolute Gasteiger partial charge is 0.328 e. The summed E-state index contributed by atoms with van der Waals surface area (Å²) in [6.07, 6.45) is 2.18. The summed E-state index contributed by atoms with van der Waals surface area (Å²) < 4.78 is 3.22. The number of aryl methyl sites for hydroxylation is 3. The molecule has 2 aromatic carbocycles. The summed E-state index contributed by atoms with van der Waals surface area (Å²) in [7, 11) is 3.50. The molecule has 29 heavy (non-hydrogen) atoms. The fourth-order valence-corrected chi connectivity index (χ4v) is 4.04.